The second kappa shape index (κ2) is 8.00. The number of hydrogen-bond acceptors (Lipinski definition) is 6. The van der Waals surface area contributed by atoms with Gasteiger partial charge in [-0.25, -0.2) is 9.59 Å². The van der Waals surface area contributed by atoms with Crippen LogP contribution in [0.5, 0.6) is 11.5 Å². The van der Waals surface area contributed by atoms with E-state index in [1.54, 1.807) is 12.1 Å². The molecule has 10 heteroatoms. The van der Waals surface area contributed by atoms with Gasteiger partial charge in [-0.1, -0.05) is 48.5 Å². The molecule has 164 valence electrons. The molecule has 0 radical (unpaired) electrons. The molecule has 0 bridgehead atoms. The summed E-state index contributed by atoms with van der Waals surface area (Å²) >= 11 is 12.2. The Morgan fingerprint density at radius 1 is 0.636 bits per heavy atom. The smallest absolute Gasteiger partial charge is 0.403 e. The van der Waals surface area contributed by atoms with Gasteiger partial charge in [-0.15, -0.1) is 0 Å². The molecule has 6 nitrogen and oxygen atoms in total. The Bertz CT molecular complexity index is 1380. The van der Waals surface area contributed by atoms with E-state index >= 15 is 0 Å². The van der Waals surface area contributed by atoms with E-state index in [0.29, 0.717) is 29.0 Å². The lowest BCUT2D eigenvalue weighted by Gasteiger charge is -2.26. The minimum Gasteiger partial charge on any atom is -0.426 e. The molecule has 2 aliphatic rings. The second-order valence-electron chi connectivity index (χ2n) is 7.45. The summed E-state index contributed by atoms with van der Waals surface area (Å²) in [5.41, 5.74) is 2.09. The topological polar surface area (TPSA) is 71.1 Å². The summed E-state index contributed by atoms with van der Waals surface area (Å²) in [5.74, 6) is -0.319. The third kappa shape index (κ3) is 3.50. The molecule has 2 heterocycles. The second-order valence-corrected chi connectivity index (χ2v) is 10.7. The molecular weight excluding hydrogens is 505 g/mol. The molecule has 0 fully saturated rings. The Morgan fingerprint density at radius 3 is 1.52 bits per heavy atom. The molecule has 0 spiro atoms. The highest BCUT2D eigenvalue weighted by molar-refractivity contribution is 7.77. The lowest BCUT2D eigenvalue weighted by atomic mass is 9.90. The van der Waals surface area contributed by atoms with Crippen LogP contribution in [0, 0.1) is 0 Å². The van der Waals surface area contributed by atoms with Crippen molar-refractivity contribution >= 4 is 71.4 Å². The number of rotatable bonds is 2. The molecule has 4 aromatic rings. The lowest BCUT2D eigenvalue weighted by Crippen LogP contribution is -2.14. The molecule has 0 aliphatic carbocycles. The third-order valence-electron chi connectivity index (χ3n) is 5.64. The molecule has 33 heavy (non-hydrogen) atoms. The van der Waals surface area contributed by atoms with Gasteiger partial charge in [-0.2, -0.15) is 0 Å². The normalized spacial score (nSPS) is 19.2. The summed E-state index contributed by atoms with van der Waals surface area (Å²) in [5, 5.41) is 3.47. The third-order valence-corrected chi connectivity index (χ3v) is 7.74. The van der Waals surface area contributed by atoms with Crippen molar-refractivity contribution in [2.45, 2.75) is 6.42 Å². The molecule has 0 amide bonds. The molecule has 4 aromatic carbocycles. The molecule has 0 aromatic heterocycles. The van der Waals surface area contributed by atoms with Gasteiger partial charge in [-0.3, -0.25) is 0 Å². The maximum atomic E-state index is 12.6. The van der Waals surface area contributed by atoms with Crippen LogP contribution in [0.15, 0.2) is 60.7 Å². The standard InChI is InChI=1S/C23H12Cl2O6P2/c24-32-28-20-16(14-7-3-1-5-12(14)9-18(20)22(26)30-32)11-17-15-8-4-2-6-13(15)10-19-21(17)29-33(25)31-23(19)27/h1-10H,11H2. The minimum absolute atomic E-state index is 0.300. The summed E-state index contributed by atoms with van der Waals surface area (Å²) < 4.78 is 21.9. The van der Waals surface area contributed by atoms with Crippen molar-refractivity contribution in [1.29, 1.82) is 0 Å². The van der Waals surface area contributed by atoms with Crippen molar-refractivity contribution in [3.8, 4) is 11.5 Å². The number of halogens is 2. The predicted octanol–water partition coefficient (Wildman–Crippen LogP) is 7.61. The molecule has 2 aliphatic heterocycles. The van der Waals surface area contributed by atoms with Gasteiger partial charge >= 0.3 is 27.4 Å². The van der Waals surface area contributed by atoms with E-state index in [4.69, 9.17) is 40.6 Å². The van der Waals surface area contributed by atoms with Crippen LogP contribution in [0.3, 0.4) is 0 Å². The molecule has 6 rings (SSSR count). The SMILES string of the molecule is O=C1OP(Cl)Oc2c1cc1ccccc1c2Cc1c2c(cc3ccccc13)C(=O)OP(Cl)O2. The van der Waals surface area contributed by atoms with E-state index in [2.05, 4.69) is 0 Å². The molecular formula is C23H12Cl2O6P2. The summed E-state index contributed by atoms with van der Waals surface area (Å²) in [7, 11) is -3.85. The highest BCUT2D eigenvalue weighted by atomic mass is 35.7. The lowest BCUT2D eigenvalue weighted by molar-refractivity contribution is 0.0718. The van der Waals surface area contributed by atoms with Crippen molar-refractivity contribution in [3.63, 3.8) is 0 Å². The van der Waals surface area contributed by atoms with E-state index in [9.17, 15) is 9.59 Å². The van der Waals surface area contributed by atoms with Gasteiger partial charge in [0.1, 0.15) is 22.6 Å². The molecule has 0 saturated carbocycles. The number of carbonyl (C=O) groups is 2. The van der Waals surface area contributed by atoms with Gasteiger partial charge in [0.2, 0.25) is 0 Å². The Hall–Kier alpha value is -2.62. The minimum atomic E-state index is -1.92. The fourth-order valence-corrected chi connectivity index (χ4v) is 6.28. The maximum absolute atomic E-state index is 12.6. The summed E-state index contributed by atoms with van der Waals surface area (Å²) in [6.07, 6.45) is 0.300. The predicted molar refractivity (Wildman–Crippen MR) is 128 cm³/mol. The Balaban J connectivity index is 1.65. The van der Waals surface area contributed by atoms with E-state index in [0.717, 1.165) is 32.7 Å². The van der Waals surface area contributed by atoms with Crippen molar-refractivity contribution in [1.82, 2.24) is 0 Å². The largest absolute Gasteiger partial charge is 0.426 e. The zero-order valence-corrected chi connectivity index (χ0v) is 19.9. The van der Waals surface area contributed by atoms with Crippen LogP contribution in [-0.4, -0.2) is 11.9 Å². The van der Waals surface area contributed by atoms with E-state index in [1.165, 1.54) is 0 Å². The van der Waals surface area contributed by atoms with Crippen molar-refractivity contribution < 1.29 is 27.7 Å². The highest BCUT2D eigenvalue weighted by Gasteiger charge is 2.34. The molecule has 0 N–H and O–H groups in total. The monoisotopic (exact) mass is 516 g/mol. The van der Waals surface area contributed by atoms with E-state index in [1.807, 2.05) is 48.5 Å². The molecule has 2 unspecified atom stereocenters. The summed E-state index contributed by atoms with van der Waals surface area (Å²) in [6, 6.07) is 18.8. The van der Waals surface area contributed by atoms with Crippen molar-refractivity contribution in [3.05, 3.63) is 82.9 Å². The van der Waals surface area contributed by atoms with Gasteiger partial charge < -0.3 is 18.1 Å². The van der Waals surface area contributed by atoms with Gasteiger partial charge in [0.15, 0.2) is 0 Å². The van der Waals surface area contributed by atoms with Crippen LogP contribution in [-0.2, 0) is 15.5 Å². The Morgan fingerprint density at radius 2 is 1.06 bits per heavy atom. The summed E-state index contributed by atoms with van der Waals surface area (Å²) in [6.45, 7) is 0. The first kappa shape index (κ1) is 20.9. The quantitative estimate of drug-likeness (QED) is 0.255. The van der Waals surface area contributed by atoms with Crippen LogP contribution in [0.25, 0.3) is 21.5 Å². The zero-order chi connectivity index (χ0) is 22.7. The van der Waals surface area contributed by atoms with Crippen LogP contribution in [0.1, 0.15) is 31.8 Å². The van der Waals surface area contributed by atoms with E-state index in [-0.39, 0.29) is 0 Å². The van der Waals surface area contributed by atoms with Gasteiger partial charge in [0, 0.05) is 17.5 Å². The highest BCUT2D eigenvalue weighted by Crippen LogP contribution is 2.55. The number of fused-ring (bicyclic) bond motifs is 4. The first-order chi connectivity index (χ1) is 16.0. The molecule has 0 saturated heterocycles. The fraction of sp³-hybridized carbons (Fsp3) is 0.0435. The van der Waals surface area contributed by atoms with Crippen molar-refractivity contribution in [2.24, 2.45) is 0 Å². The molecule has 2 atom stereocenters. The Labute approximate surface area is 199 Å². The van der Waals surface area contributed by atoms with Gasteiger partial charge in [0.25, 0.3) is 0 Å². The maximum Gasteiger partial charge on any atom is 0.403 e. The first-order valence-electron chi connectivity index (χ1n) is 9.81. The van der Waals surface area contributed by atoms with Gasteiger partial charge in [-0.05, 0) is 56.2 Å². The fourth-order valence-electron chi connectivity index (χ4n) is 4.26. The van der Waals surface area contributed by atoms with Crippen LogP contribution >= 0.6 is 37.9 Å². The number of carbonyl (C=O) groups excluding carboxylic acids is 2. The Kier molecular flexibility index (Phi) is 5.08. The summed E-state index contributed by atoms with van der Waals surface area (Å²) in [4.78, 5) is 25.2. The number of benzene rings is 4. The first-order valence-corrected chi connectivity index (χ1v) is 14.0. The van der Waals surface area contributed by atoms with E-state index < -0.39 is 27.4 Å². The van der Waals surface area contributed by atoms with Crippen LogP contribution in [0.4, 0.5) is 0 Å². The number of hydrogen-bond donors (Lipinski definition) is 0. The van der Waals surface area contributed by atoms with Crippen LogP contribution in [0.2, 0.25) is 0 Å². The van der Waals surface area contributed by atoms with Crippen molar-refractivity contribution in [2.75, 3.05) is 0 Å². The average molecular weight is 517 g/mol. The zero-order valence-electron chi connectivity index (χ0n) is 16.6. The average Bonchev–Trinajstić information content (AvgIpc) is 2.79. The van der Waals surface area contributed by atoms with Gasteiger partial charge in [0.05, 0.1) is 0 Å². The van der Waals surface area contributed by atoms with Crippen LogP contribution < -0.4 is 9.05 Å².